The maximum Gasteiger partial charge on any atom is 0.133 e. The highest BCUT2D eigenvalue weighted by atomic mass is 16.3. The molecule has 0 spiro atoms. The van der Waals surface area contributed by atoms with Crippen LogP contribution in [0.2, 0.25) is 0 Å². The van der Waals surface area contributed by atoms with Crippen LogP contribution in [0.25, 0.3) is 10.8 Å². The van der Waals surface area contributed by atoms with Gasteiger partial charge in [-0.1, -0.05) is 24.3 Å². The average molecular weight is 202 g/mol. The number of nitrogens with zero attached hydrogens (tertiary/aromatic N) is 1. The van der Waals surface area contributed by atoms with Crippen LogP contribution in [0.3, 0.4) is 0 Å². The highest BCUT2D eigenvalue weighted by Gasteiger charge is 2.02. The number of nitrogens with one attached hydrogen (secondary N) is 1. The molecule has 0 fully saturated rings. The van der Waals surface area contributed by atoms with Gasteiger partial charge in [-0.15, -0.1) is 0 Å². The predicted octanol–water partition coefficient (Wildman–Crippen LogP) is 1.95. The summed E-state index contributed by atoms with van der Waals surface area (Å²) in [5.74, 6) is 0.838. The fourth-order valence-corrected chi connectivity index (χ4v) is 1.65. The molecule has 3 nitrogen and oxygen atoms in total. The number of rotatable bonds is 3. The first-order valence-electron chi connectivity index (χ1n) is 5.02. The Morgan fingerprint density at radius 1 is 1.27 bits per heavy atom. The predicted molar refractivity (Wildman–Crippen MR) is 62.1 cm³/mol. The van der Waals surface area contributed by atoms with Crippen LogP contribution in [0, 0.1) is 6.92 Å². The van der Waals surface area contributed by atoms with Crippen LogP contribution in [0.5, 0.6) is 0 Å². The molecule has 1 heterocycles. The zero-order valence-corrected chi connectivity index (χ0v) is 8.70. The minimum absolute atomic E-state index is 0.115. The number of pyridine rings is 1. The van der Waals surface area contributed by atoms with Gasteiger partial charge in [0, 0.05) is 18.1 Å². The zero-order chi connectivity index (χ0) is 10.7. The van der Waals surface area contributed by atoms with Crippen LogP contribution in [0.4, 0.5) is 5.82 Å². The Balaban J connectivity index is 2.51. The van der Waals surface area contributed by atoms with Crippen LogP contribution in [0.15, 0.2) is 30.5 Å². The number of anilines is 1. The van der Waals surface area contributed by atoms with Crippen molar-refractivity contribution in [2.45, 2.75) is 6.92 Å². The Bertz CT molecular complexity index is 468. The van der Waals surface area contributed by atoms with Crippen molar-refractivity contribution in [2.75, 3.05) is 18.5 Å². The van der Waals surface area contributed by atoms with Gasteiger partial charge in [-0.25, -0.2) is 4.98 Å². The molecule has 0 saturated carbocycles. The molecular weight excluding hydrogens is 188 g/mol. The van der Waals surface area contributed by atoms with Crippen LogP contribution in [0.1, 0.15) is 5.56 Å². The van der Waals surface area contributed by atoms with E-state index in [0.717, 1.165) is 11.2 Å². The van der Waals surface area contributed by atoms with Crippen LogP contribution in [-0.2, 0) is 0 Å². The first kappa shape index (κ1) is 9.93. The zero-order valence-electron chi connectivity index (χ0n) is 8.70. The lowest BCUT2D eigenvalue weighted by Crippen LogP contribution is -2.07. The Labute approximate surface area is 88.8 Å². The summed E-state index contributed by atoms with van der Waals surface area (Å²) in [4.78, 5) is 4.32. The highest BCUT2D eigenvalue weighted by molar-refractivity contribution is 5.93. The molecule has 0 saturated heterocycles. The van der Waals surface area contributed by atoms with Crippen molar-refractivity contribution in [1.29, 1.82) is 0 Å². The highest BCUT2D eigenvalue weighted by Crippen LogP contribution is 2.23. The third-order valence-corrected chi connectivity index (χ3v) is 2.40. The van der Waals surface area contributed by atoms with Gasteiger partial charge in [-0.05, 0) is 17.9 Å². The number of aliphatic hydroxyl groups is 1. The molecule has 1 aromatic carbocycles. The molecule has 0 bridgehead atoms. The molecule has 0 radical (unpaired) electrons. The van der Waals surface area contributed by atoms with Gasteiger partial charge >= 0.3 is 0 Å². The number of benzene rings is 1. The largest absolute Gasteiger partial charge is 0.395 e. The fraction of sp³-hybridized carbons (Fsp3) is 0.250. The van der Waals surface area contributed by atoms with Gasteiger partial charge in [0.1, 0.15) is 5.82 Å². The molecule has 0 unspecified atom stereocenters. The molecule has 15 heavy (non-hydrogen) atoms. The summed E-state index contributed by atoms with van der Waals surface area (Å²) < 4.78 is 0. The topological polar surface area (TPSA) is 45.2 Å². The number of aliphatic hydroxyl groups excluding tert-OH is 1. The van der Waals surface area contributed by atoms with Gasteiger partial charge in [-0.3, -0.25) is 0 Å². The molecule has 0 amide bonds. The summed E-state index contributed by atoms with van der Waals surface area (Å²) in [6.45, 7) is 2.69. The third kappa shape index (κ3) is 1.92. The van der Waals surface area contributed by atoms with E-state index in [4.69, 9.17) is 5.11 Å². The molecule has 1 aromatic heterocycles. The van der Waals surface area contributed by atoms with Gasteiger partial charge in [0.25, 0.3) is 0 Å². The second-order valence-corrected chi connectivity index (χ2v) is 3.49. The SMILES string of the molecule is Cc1cnc(NCCO)c2ccccc12. The summed E-state index contributed by atoms with van der Waals surface area (Å²) >= 11 is 0. The van der Waals surface area contributed by atoms with E-state index in [1.165, 1.54) is 10.9 Å². The quantitative estimate of drug-likeness (QED) is 0.799. The van der Waals surface area contributed by atoms with Crippen molar-refractivity contribution in [3.05, 3.63) is 36.0 Å². The van der Waals surface area contributed by atoms with Crippen LogP contribution in [-0.4, -0.2) is 23.2 Å². The van der Waals surface area contributed by atoms with Crippen molar-refractivity contribution in [3.63, 3.8) is 0 Å². The van der Waals surface area contributed by atoms with Crippen molar-refractivity contribution in [1.82, 2.24) is 4.98 Å². The lowest BCUT2D eigenvalue weighted by molar-refractivity contribution is 0.311. The number of hydrogen-bond acceptors (Lipinski definition) is 3. The number of aryl methyl sites for hydroxylation is 1. The standard InChI is InChI=1S/C12H14N2O/c1-9-8-14-12(13-6-7-15)11-5-3-2-4-10(9)11/h2-5,8,15H,6-7H2,1H3,(H,13,14). The summed E-state index contributed by atoms with van der Waals surface area (Å²) in [5, 5.41) is 14.2. The Morgan fingerprint density at radius 2 is 2.00 bits per heavy atom. The van der Waals surface area contributed by atoms with Crippen molar-refractivity contribution >= 4 is 16.6 Å². The minimum Gasteiger partial charge on any atom is -0.395 e. The number of aromatic nitrogens is 1. The number of fused-ring (bicyclic) bond motifs is 1. The second-order valence-electron chi connectivity index (χ2n) is 3.49. The van der Waals surface area contributed by atoms with Crippen molar-refractivity contribution < 1.29 is 5.11 Å². The van der Waals surface area contributed by atoms with Crippen LogP contribution < -0.4 is 5.32 Å². The second kappa shape index (κ2) is 4.28. The molecule has 2 rings (SSSR count). The Hall–Kier alpha value is -1.61. The summed E-state index contributed by atoms with van der Waals surface area (Å²) in [7, 11) is 0. The lowest BCUT2D eigenvalue weighted by atomic mass is 10.1. The van der Waals surface area contributed by atoms with E-state index in [-0.39, 0.29) is 6.61 Å². The van der Waals surface area contributed by atoms with Gasteiger partial charge in [0.05, 0.1) is 6.61 Å². The summed E-state index contributed by atoms with van der Waals surface area (Å²) in [6, 6.07) is 8.13. The normalized spacial score (nSPS) is 10.5. The first-order valence-corrected chi connectivity index (χ1v) is 5.02. The molecule has 3 heteroatoms. The molecular formula is C12H14N2O. The van der Waals surface area contributed by atoms with Gasteiger partial charge < -0.3 is 10.4 Å². The molecule has 0 aliphatic rings. The summed E-state index contributed by atoms with van der Waals surface area (Å²) in [6.07, 6.45) is 1.85. The van der Waals surface area contributed by atoms with Gasteiger partial charge in [0.15, 0.2) is 0 Å². The lowest BCUT2D eigenvalue weighted by Gasteiger charge is -2.08. The monoisotopic (exact) mass is 202 g/mol. The fourth-order valence-electron chi connectivity index (χ4n) is 1.65. The molecule has 0 aliphatic carbocycles. The summed E-state index contributed by atoms with van der Waals surface area (Å²) in [5.41, 5.74) is 1.17. The van der Waals surface area contributed by atoms with E-state index in [9.17, 15) is 0 Å². The molecule has 2 N–H and O–H groups in total. The first-order chi connectivity index (χ1) is 7.33. The van der Waals surface area contributed by atoms with E-state index < -0.39 is 0 Å². The molecule has 2 aromatic rings. The van der Waals surface area contributed by atoms with E-state index in [1.54, 1.807) is 0 Å². The number of hydrogen-bond donors (Lipinski definition) is 2. The maximum atomic E-state index is 8.76. The smallest absolute Gasteiger partial charge is 0.133 e. The third-order valence-electron chi connectivity index (χ3n) is 2.40. The van der Waals surface area contributed by atoms with Crippen molar-refractivity contribution in [2.24, 2.45) is 0 Å². The molecule has 0 atom stereocenters. The van der Waals surface area contributed by atoms with E-state index in [1.807, 2.05) is 31.3 Å². The Morgan fingerprint density at radius 3 is 2.73 bits per heavy atom. The minimum atomic E-state index is 0.115. The molecule has 78 valence electrons. The van der Waals surface area contributed by atoms with E-state index >= 15 is 0 Å². The molecule has 0 aliphatic heterocycles. The van der Waals surface area contributed by atoms with E-state index in [2.05, 4.69) is 16.4 Å². The van der Waals surface area contributed by atoms with Crippen molar-refractivity contribution in [3.8, 4) is 0 Å². The van der Waals surface area contributed by atoms with E-state index in [0.29, 0.717) is 6.54 Å². The van der Waals surface area contributed by atoms with Gasteiger partial charge in [0.2, 0.25) is 0 Å². The maximum absolute atomic E-state index is 8.76. The average Bonchev–Trinajstić information content (AvgIpc) is 2.29. The van der Waals surface area contributed by atoms with Gasteiger partial charge in [-0.2, -0.15) is 0 Å². The Kier molecular flexibility index (Phi) is 2.83. The van der Waals surface area contributed by atoms with Crippen LogP contribution >= 0.6 is 0 Å².